The van der Waals surface area contributed by atoms with E-state index in [2.05, 4.69) is 25.4 Å². The van der Waals surface area contributed by atoms with E-state index in [1.165, 1.54) is 6.07 Å². The summed E-state index contributed by atoms with van der Waals surface area (Å²) in [6.45, 7) is 4.05. The van der Waals surface area contributed by atoms with Crippen LogP contribution in [0, 0.1) is 18.7 Å². The van der Waals surface area contributed by atoms with Gasteiger partial charge in [0, 0.05) is 24.2 Å². The van der Waals surface area contributed by atoms with Gasteiger partial charge in [-0.3, -0.25) is 14.8 Å². The van der Waals surface area contributed by atoms with Crippen molar-refractivity contribution in [3.8, 4) is 0 Å². The van der Waals surface area contributed by atoms with Crippen LogP contribution in [-0.4, -0.2) is 39.1 Å². The molecule has 0 aliphatic carbocycles. The molecule has 0 spiro atoms. The number of pyridine rings is 1. The molecule has 1 fully saturated rings. The Morgan fingerprint density at radius 3 is 2.83 bits per heavy atom. The quantitative estimate of drug-likeness (QED) is 0.774. The van der Waals surface area contributed by atoms with E-state index in [9.17, 15) is 9.18 Å². The number of likely N-dealkylation sites (tertiary alicyclic amines) is 1. The third-order valence-electron chi connectivity index (χ3n) is 4.23. The van der Waals surface area contributed by atoms with Crippen LogP contribution in [0.15, 0.2) is 18.2 Å². The Morgan fingerprint density at radius 1 is 1.46 bits per heavy atom. The first-order valence-electron chi connectivity index (χ1n) is 7.97. The van der Waals surface area contributed by atoms with E-state index in [-0.39, 0.29) is 17.6 Å². The number of H-pyrrole nitrogens is 1. The van der Waals surface area contributed by atoms with E-state index in [1.807, 2.05) is 6.92 Å². The molecule has 4 N–H and O–H groups in total. The Kier molecular flexibility index (Phi) is 4.75. The fourth-order valence-electron chi connectivity index (χ4n) is 2.87. The van der Waals surface area contributed by atoms with Crippen LogP contribution in [0.2, 0.25) is 0 Å². The van der Waals surface area contributed by atoms with Crippen LogP contribution in [0.4, 0.5) is 16.0 Å². The first-order chi connectivity index (χ1) is 11.5. The van der Waals surface area contributed by atoms with Gasteiger partial charge < -0.3 is 11.1 Å². The van der Waals surface area contributed by atoms with Gasteiger partial charge in [-0.2, -0.15) is 5.10 Å². The van der Waals surface area contributed by atoms with E-state index in [1.54, 1.807) is 12.1 Å². The lowest BCUT2D eigenvalue weighted by Crippen LogP contribution is -2.38. The summed E-state index contributed by atoms with van der Waals surface area (Å²) in [6.07, 6.45) is 1.52. The molecule has 0 atom stereocenters. The predicted molar refractivity (Wildman–Crippen MR) is 88.0 cm³/mol. The minimum absolute atomic E-state index is 0.0393. The van der Waals surface area contributed by atoms with Gasteiger partial charge in [-0.25, -0.2) is 9.37 Å². The van der Waals surface area contributed by atoms with E-state index in [0.717, 1.165) is 37.3 Å². The largest absolute Gasteiger partial charge is 0.369 e. The summed E-state index contributed by atoms with van der Waals surface area (Å²) in [4.78, 5) is 17.8. The number of aromatic nitrogens is 3. The van der Waals surface area contributed by atoms with E-state index >= 15 is 0 Å². The van der Waals surface area contributed by atoms with E-state index in [0.29, 0.717) is 12.4 Å². The maximum absolute atomic E-state index is 14.0. The van der Waals surface area contributed by atoms with Gasteiger partial charge in [0.25, 0.3) is 0 Å². The van der Waals surface area contributed by atoms with Crippen LogP contribution < -0.4 is 11.1 Å². The van der Waals surface area contributed by atoms with Gasteiger partial charge in [0.15, 0.2) is 17.5 Å². The molecule has 0 saturated carbocycles. The summed E-state index contributed by atoms with van der Waals surface area (Å²) < 4.78 is 14.0. The lowest BCUT2D eigenvalue weighted by atomic mass is 9.96. The Balaban J connectivity index is 1.64. The lowest BCUT2D eigenvalue weighted by Gasteiger charge is -2.30. The highest BCUT2D eigenvalue weighted by molar-refractivity contribution is 5.76. The minimum atomic E-state index is -0.424. The number of rotatable bonds is 5. The summed E-state index contributed by atoms with van der Waals surface area (Å²) in [5, 5.41) is 9.70. The van der Waals surface area contributed by atoms with Crippen molar-refractivity contribution < 1.29 is 9.18 Å². The molecule has 1 aliphatic rings. The number of hydrogen-bond donors (Lipinski definition) is 3. The number of hydrogen-bond acceptors (Lipinski definition) is 5. The van der Waals surface area contributed by atoms with Gasteiger partial charge in [-0.1, -0.05) is 0 Å². The molecule has 0 unspecified atom stereocenters. The number of nitrogens with zero attached hydrogens (tertiary/aromatic N) is 3. The summed E-state index contributed by atoms with van der Waals surface area (Å²) >= 11 is 0. The average Bonchev–Trinajstić information content (AvgIpc) is 2.96. The van der Waals surface area contributed by atoms with Crippen molar-refractivity contribution in [2.75, 3.05) is 18.4 Å². The average molecular weight is 332 g/mol. The van der Waals surface area contributed by atoms with Crippen molar-refractivity contribution >= 4 is 17.5 Å². The zero-order valence-corrected chi connectivity index (χ0v) is 13.6. The van der Waals surface area contributed by atoms with Crippen molar-refractivity contribution in [3.05, 3.63) is 35.4 Å². The number of nitrogens with one attached hydrogen (secondary N) is 2. The van der Waals surface area contributed by atoms with E-state index < -0.39 is 5.82 Å². The highest BCUT2D eigenvalue weighted by atomic mass is 19.1. The lowest BCUT2D eigenvalue weighted by molar-refractivity contribution is -0.123. The normalized spacial score (nSPS) is 16.2. The molecule has 0 radical (unpaired) electrons. The topological polar surface area (TPSA) is 99.9 Å². The molecule has 1 saturated heterocycles. The van der Waals surface area contributed by atoms with Crippen molar-refractivity contribution in [1.82, 2.24) is 20.1 Å². The highest BCUT2D eigenvalue weighted by Crippen LogP contribution is 2.21. The van der Waals surface area contributed by atoms with Crippen molar-refractivity contribution in [3.63, 3.8) is 0 Å². The van der Waals surface area contributed by atoms with Gasteiger partial charge in [-0.05, 0) is 45.0 Å². The van der Waals surface area contributed by atoms with Crippen molar-refractivity contribution in [2.45, 2.75) is 26.3 Å². The minimum Gasteiger partial charge on any atom is -0.369 e. The van der Waals surface area contributed by atoms with Crippen LogP contribution >= 0.6 is 0 Å². The predicted octanol–water partition coefficient (Wildman–Crippen LogP) is 1.69. The molecule has 3 heterocycles. The summed E-state index contributed by atoms with van der Waals surface area (Å²) in [5.41, 5.74) is 7.00. The molecular formula is C16H21FN6O. The fraction of sp³-hybridized carbons (Fsp3) is 0.438. The zero-order chi connectivity index (χ0) is 17.1. The second-order valence-electron chi connectivity index (χ2n) is 6.15. The zero-order valence-electron chi connectivity index (χ0n) is 13.6. The van der Waals surface area contributed by atoms with Crippen LogP contribution in [0.1, 0.15) is 24.2 Å². The van der Waals surface area contributed by atoms with Gasteiger partial charge in [0.05, 0.1) is 5.69 Å². The first-order valence-corrected chi connectivity index (χ1v) is 7.97. The molecule has 3 rings (SSSR count). The molecule has 1 aliphatic heterocycles. The van der Waals surface area contributed by atoms with Gasteiger partial charge >= 0.3 is 0 Å². The molecular weight excluding hydrogens is 311 g/mol. The van der Waals surface area contributed by atoms with Crippen molar-refractivity contribution in [1.29, 1.82) is 0 Å². The van der Waals surface area contributed by atoms with Crippen molar-refractivity contribution in [2.24, 2.45) is 11.7 Å². The van der Waals surface area contributed by atoms with Crippen LogP contribution in [0.3, 0.4) is 0 Å². The maximum Gasteiger partial charge on any atom is 0.220 e. The Morgan fingerprint density at radius 2 is 2.21 bits per heavy atom. The van der Waals surface area contributed by atoms with Crippen LogP contribution in [0.25, 0.3) is 0 Å². The third-order valence-corrected chi connectivity index (χ3v) is 4.23. The number of aryl methyl sites for hydroxylation is 1. The van der Waals surface area contributed by atoms with E-state index in [4.69, 9.17) is 5.73 Å². The number of halogens is 1. The molecule has 7 nitrogen and oxygen atoms in total. The van der Waals surface area contributed by atoms with Gasteiger partial charge in [0.2, 0.25) is 5.91 Å². The molecule has 128 valence electrons. The Bertz CT molecular complexity index is 723. The molecule has 2 aromatic rings. The SMILES string of the molecule is Cc1cc(Nc2nc(CN3CCC(C(N)=O)CC3)ccc2F)n[nH]1. The highest BCUT2D eigenvalue weighted by Gasteiger charge is 2.23. The van der Waals surface area contributed by atoms with Crippen LogP contribution in [-0.2, 0) is 11.3 Å². The number of amides is 1. The number of carbonyl (C=O) groups excluding carboxylic acids is 1. The van der Waals surface area contributed by atoms with Crippen LogP contribution in [0.5, 0.6) is 0 Å². The number of nitrogens with two attached hydrogens (primary N) is 1. The second-order valence-corrected chi connectivity index (χ2v) is 6.15. The monoisotopic (exact) mass is 332 g/mol. The standard InChI is InChI=1S/C16H21FN6O/c1-10-8-14(22-21-10)20-16-13(17)3-2-12(19-16)9-23-6-4-11(5-7-23)15(18)24/h2-3,8,11H,4-7,9H2,1H3,(H2,18,24)(H2,19,20,21,22). The molecule has 1 amide bonds. The summed E-state index contributed by atoms with van der Waals surface area (Å²) in [7, 11) is 0. The number of anilines is 2. The fourth-order valence-corrected chi connectivity index (χ4v) is 2.87. The molecule has 0 bridgehead atoms. The third kappa shape index (κ3) is 3.88. The number of primary amides is 1. The number of piperidine rings is 1. The summed E-state index contributed by atoms with van der Waals surface area (Å²) in [6, 6.07) is 4.86. The molecule has 2 aromatic heterocycles. The van der Waals surface area contributed by atoms with Gasteiger partial charge in [-0.15, -0.1) is 0 Å². The molecule has 24 heavy (non-hydrogen) atoms. The van der Waals surface area contributed by atoms with Gasteiger partial charge in [0.1, 0.15) is 0 Å². The maximum atomic E-state index is 14.0. The number of carbonyl (C=O) groups is 1. The Hall–Kier alpha value is -2.48. The first kappa shape index (κ1) is 16.4. The summed E-state index contributed by atoms with van der Waals surface area (Å²) in [5.74, 6) is -0.00548. The number of aromatic amines is 1. The Labute approximate surface area is 139 Å². The molecule has 8 heteroatoms. The second kappa shape index (κ2) is 6.96. The smallest absolute Gasteiger partial charge is 0.220 e. The molecule has 0 aromatic carbocycles.